The molecule has 2 rings (SSSR count). The third kappa shape index (κ3) is 3.23. The number of morpholine rings is 1. The number of aromatic nitrogens is 4. The Bertz CT molecular complexity index is 343. The summed E-state index contributed by atoms with van der Waals surface area (Å²) in [5, 5.41) is 11.9. The van der Waals surface area contributed by atoms with E-state index in [9.17, 15) is 0 Å². The molecule has 0 aliphatic carbocycles. The fourth-order valence-electron chi connectivity index (χ4n) is 2.34. The normalized spacial score (nSPS) is 26.3. The molecular weight excluding hydrogens is 218 g/mol. The lowest BCUT2D eigenvalue weighted by molar-refractivity contribution is -0.0713. The Morgan fingerprint density at radius 2 is 2.00 bits per heavy atom. The molecular formula is C11H21N5O. The van der Waals surface area contributed by atoms with Crippen molar-refractivity contribution in [3.63, 3.8) is 0 Å². The van der Waals surface area contributed by atoms with E-state index >= 15 is 0 Å². The highest BCUT2D eigenvalue weighted by atomic mass is 16.5. The molecule has 0 saturated carbocycles. The monoisotopic (exact) mass is 239 g/mol. The predicted octanol–water partition coefficient (Wildman–Crippen LogP) is 0.692. The minimum Gasteiger partial charge on any atom is -0.373 e. The molecule has 6 heteroatoms. The summed E-state index contributed by atoms with van der Waals surface area (Å²) in [5.41, 5.74) is 0. The van der Waals surface area contributed by atoms with Crippen molar-refractivity contribution in [3.8, 4) is 0 Å². The average molecular weight is 239 g/mol. The minimum atomic E-state index is 0.286. The summed E-state index contributed by atoms with van der Waals surface area (Å²) in [7, 11) is 0. The van der Waals surface area contributed by atoms with Crippen LogP contribution in [0.4, 0.5) is 0 Å². The van der Waals surface area contributed by atoms with Gasteiger partial charge in [0.2, 0.25) is 0 Å². The van der Waals surface area contributed by atoms with Crippen LogP contribution in [-0.2, 0) is 17.8 Å². The number of aryl methyl sites for hydroxylation is 1. The van der Waals surface area contributed by atoms with E-state index in [1.807, 2.05) is 4.68 Å². The van der Waals surface area contributed by atoms with Crippen molar-refractivity contribution in [3.05, 3.63) is 5.82 Å². The van der Waals surface area contributed by atoms with Crippen molar-refractivity contribution in [2.75, 3.05) is 13.1 Å². The van der Waals surface area contributed by atoms with Crippen LogP contribution >= 0.6 is 0 Å². The number of ether oxygens (including phenoxy) is 1. The molecule has 6 nitrogen and oxygen atoms in total. The second kappa shape index (κ2) is 5.55. The fourth-order valence-corrected chi connectivity index (χ4v) is 2.34. The van der Waals surface area contributed by atoms with Gasteiger partial charge in [-0.05, 0) is 30.7 Å². The zero-order valence-electron chi connectivity index (χ0n) is 10.8. The van der Waals surface area contributed by atoms with Crippen molar-refractivity contribution in [2.45, 2.75) is 52.5 Å². The maximum atomic E-state index is 5.71. The van der Waals surface area contributed by atoms with E-state index < -0.39 is 0 Å². The largest absolute Gasteiger partial charge is 0.373 e. The van der Waals surface area contributed by atoms with Crippen LogP contribution in [-0.4, -0.2) is 50.4 Å². The highest BCUT2D eigenvalue weighted by molar-refractivity contribution is 4.84. The van der Waals surface area contributed by atoms with Crippen LogP contribution in [0.1, 0.15) is 33.0 Å². The van der Waals surface area contributed by atoms with Crippen LogP contribution in [0.25, 0.3) is 0 Å². The van der Waals surface area contributed by atoms with E-state index in [0.29, 0.717) is 0 Å². The van der Waals surface area contributed by atoms with Gasteiger partial charge in [0.05, 0.1) is 18.8 Å². The number of nitrogens with zero attached hydrogens (tertiary/aromatic N) is 5. The first kappa shape index (κ1) is 12.4. The molecule has 1 aliphatic rings. The molecule has 1 fully saturated rings. The maximum Gasteiger partial charge on any atom is 0.165 e. The molecule has 96 valence electrons. The van der Waals surface area contributed by atoms with Crippen LogP contribution < -0.4 is 0 Å². The SMILES string of the molecule is CCCn1nnnc1CN1C[C@H](C)O[C@@H](C)C1. The number of hydrogen-bond acceptors (Lipinski definition) is 5. The highest BCUT2D eigenvalue weighted by Gasteiger charge is 2.23. The van der Waals surface area contributed by atoms with Gasteiger partial charge in [-0.1, -0.05) is 6.92 Å². The van der Waals surface area contributed by atoms with Crippen LogP contribution in [0.15, 0.2) is 0 Å². The molecule has 1 aliphatic heterocycles. The first-order chi connectivity index (χ1) is 8.19. The molecule has 17 heavy (non-hydrogen) atoms. The lowest BCUT2D eigenvalue weighted by Gasteiger charge is -2.34. The molecule has 0 N–H and O–H groups in total. The fraction of sp³-hybridized carbons (Fsp3) is 0.909. The molecule has 1 aromatic heterocycles. The summed E-state index contributed by atoms with van der Waals surface area (Å²) in [6.07, 6.45) is 1.62. The van der Waals surface area contributed by atoms with Gasteiger partial charge in [0.1, 0.15) is 0 Å². The van der Waals surface area contributed by atoms with E-state index in [1.54, 1.807) is 0 Å². The predicted molar refractivity (Wildman–Crippen MR) is 63.4 cm³/mol. The maximum absolute atomic E-state index is 5.71. The summed E-state index contributed by atoms with van der Waals surface area (Å²) in [5.74, 6) is 0.952. The van der Waals surface area contributed by atoms with Crippen LogP contribution in [0.2, 0.25) is 0 Å². The summed E-state index contributed by atoms with van der Waals surface area (Å²) in [6, 6.07) is 0. The van der Waals surface area contributed by atoms with E-state index in [0.717, 1.165) is 38.4 Å². The van der Waals surface area contributed by atoms with Gasteiger partial charge in [-0.3, -0.25) is 4.90 Å². The Balaban J connectivity index is 1.97. The zero-order chi connectivity index (χ0) is 12.3. The van der Waals surface area contributed by atoms with Crippen molar-refractivity contribution in [2.24, 2.45) is 0 Å². The lowest BCUT2D eigenvalue weighted by Crippen LogP contribution is -2.45. The third-order valence-corrected chi connectivity index (χ3v) is 2.90. The number of hydrogen-bond donors (Lipinski definition) is 0. The standard InChI is InChI=1S/C11H21N5O/c1-4-5-16-11(12-13-14-16)8-15-6-9(2)17-10(3)7-15/h9-10H,4-8H2,1-3H3/t9-,10-/m0/s1. The van der Waals surface area contributed by atoms with Gasteiger partial charge >= 0.3 is 0 Å². The molecule has 0 aromatic carbocycles. The average Bonchev–Trinajstić information content (AvgIpc) is 2.65. The molecule has 0 bridgehead atoms. The van der Waals surface area contributed by atoms with Crippen LogP contribution in [0, 0.1) is 0 Å². The second-order valence-corrected chi connectivity index (χ2v) is 4.77. The van der Waals surface area contributed by atoms with Gasteiger partial charge in [0.25, 0.3) is 0 Å². The zero-order valence-corrected chi connectivity index (χ0v) is 10.8. The van der Waals surface area contributed by atoms with Crippen LogP contribution in [0.5, 0.6) is 0 Å². The Morgan fingerprint density at radius 3 is 2.65 bits per heavy atom. The molecule has 0 spiro atoms. The van der Waals surface area contributed by atoms with Gasteiger partial charge < -0.3 is 4.74 Å². The van der Waals surface area contributed by atoms with Gasteiger partial charge in [-0.25, -0.2) is 4.68 Å². The Hall–Kier alpha value is -1.01. The molecule has 2 atom stereocenters. The molecule has 0 unspecified atom stereocenters. The summed E-state index contributed by atoms with van der Waals surface area (Å²) >= 11 is 0. The molecule has 0 amide bonds. The second-order valence-electron chi connectivity index (χ2n) is 4.77. The van der Waals surface area contributed by atoms with Gasteiger partial charge in [0, 0.05) is 19.6 Å². The summed E-state index contributed by atoms with van der Waals surface area (Å²) < 4.78 is 7.61. The lowest BCUT2D eigenvalue weighted by atomic mass is 10.2. The molecule has 0 radical (unpaired) electrons. The topological polar surface area (TPSA) is 56.1 Å². The Kier molecular flexibility index (Phi) is 4.06. The Morgan fingerprint density at radius 1 is 1.29 bits per heavy atom. The minimum absolute atomic E-state index is 0.286. The summed E-state index contributed by atoms with van der Waals surface area (Å²) in [4.78, 5) is 2.36. The quantitative estimate of drug-likeness (QED) is 0.774. The molecule has 2 heterocycles. The van der Waals surface area contributed by atoms with Crippen molar-refractivity contribution in [1.29, 1.82) is 0 Å². The first-order valence-corrected chi connectivity index (χ1v) is 6.32. The van der Waals surface area contributed by atoms with E-state index in [1.165, 1.54) is 0 Å². The van der Waals surface area contributed by atoms with Crippen molar-refractivity contribution >= 4 is 0 Å². The van der Waals surface area contributed by atoms with Crippen molar-refractivity contribution in [1.82, 2.24) is 25.1 Å². The number of tetrazole rings is 1. The third-order valence-electron chi connectivity index (χ3n) is 2.90. The van der Waals surface area contributed by atoms with Gasteiger partial charge in [0.15, 0.2) is 5.82 Å². The first-order valence-electron chi connectivity index (χ1n) is 6.32. The Labute approximate surface area is 102 Å². The van der Waals surface area contributed by atoms with E-state index in [4.69, 9.17) is 4.74 Å². The molecule has 1 saturated heterocycles. The van der Waals surface area contributed by atoms with E-state index in [-0.39, 0.29) is 12.2 Å². The van der Waals surface area contributed by atoms with Crippen LogP contribution in [0.3, 0.4) is 0 Å². The molecule has 1 aromatic rings. The highest BCUT2D eigenvalue weighted by Crippen LogP contribution is 2.12. The smallest absolute Gasteiger partial charge is 0.165 e. The van der Waals surface area contributed by atoms with Gasteiger partial charge in [-0.2, -0.15) is 0 Å². The van der Waals surface area contributed by atoms with E-state index in [2.05, 4.69) is 41.2 Å². The van der Waals surface area contributed by atoms with Crippen molar-refractivity contribution < 1.29 is 4.74 Å². The summed E-state index contributed by atoms with van der Waals surface area (Å²) in [6.45, 7) is 9.94. The van der Waals surface area contributed by atoms with Gasteiger partial charge in [-0.15, -0.1) is 5.10 Å². The number of rotatable bonds is 4.